The summed E-state index contributed by atoms with van der Waals surface area (Å²) in [6, 6.07) is 47.8. The fraction of sp³-hybridized carbons (Fsp3) is 0.0303. The number of benzene rings is 6. The second-order valence-electron chi connectivity index (χ2n) is 9.39. The highest BCUT2D eigenvalue weighted by Gasteiger charge is 2.49. The maximum atomic E-state index is 2.53. The molecular formula is C33H24Si. The van der Waals surface area contributed by atoms with Gasteiger partial charge < -0.3 is 0 Å². The van der Waals surface area contributed by atoms with Crippen LogP contribution in [0.1, 0.15) is 5.56 Å². The van der Waals surface area contributed by atoms with Crippen LogP contribution in [-0.2, 0) is 0 Å². The van der Waals surface area contributed by atoms with Crippen LogP contribution in [0.5, 0.6) is 0 Å². The average Bonchev–Trinajstić information content (AvgIpc) is 3.19. The van der Waals surface area contributed by atoms with E-state index < -0.39 is 8.07 Å². The molecule has 0 aromatic heterocycles. The van der Waals surface area contributed by atoms with Gasteiger partial charge in [-0.05, 0) is 72.0 Å². The summed E-state index contributed by atoms with van der Waals surface area (Å²) in [7, 11) is -2.48. The highest BCUT2D eigenvalue weighted by atomic mass is 28.3. The summed E-state index contributed by atoms with van der Waals surface area (Å²) in [4.78, 5) is 0. The lowest BCUT2D eigenvalue weighted by molar-refractivity contribution is 1.54. The quantitative estimate of drug-likeness (QED) is 0.299. The second-order valence-corrected chi connectivity index (χ2v) is 13.1. The minimum atomic E-state index is -2.48. The maximum absolute atomic E-state index is 2.53. The van der Waals surface area contributed by atoms with Gasteiger partial charge in [0.2, 0.25) is 0 Å². The van der Waals surface area contributed by atoms with Crippen LogP contribution in [0.3, 0.4) is 0 Å². The molecule has 7 rings (SSSR count). The second kappa shape index (κ2) is 7.28. The summed E-state index contributed by atoms with van der Waals surface area (Å²) in [5, 5.41) is 11.3. The van der Waals surface area contributed by atoms with Gasteiger partial charge in [0, 0.05) is 0 Å². The molecule has 0 saturated heterocycles. The molecule has 6 aromatic carbocycles. The largest absolute Gasteiger partial charge is 0.180 e. The first-order valence-electron chi connectivity index (χ1n) is 12.0. The normalized spacial score (nSPS) is 13.7. The highest BCUT2D eigenvalue weighted by molar-refractivity contribution is 7.22. The van der Waals surface area contributed by atoms with Crippen LogP contribution in [0.4, 0.5) is 0 Å². The van der Waals surface area contributed by atoms with Crippen molar-refractivity contribution < 1.29 is 0 Å². The molecule has 0 unspecified atom stereocenters. The van der Waals surface area contributed by atoms with E-state index in [0.717, 1.165) is 0 Å². The molecule has 160 valence electrons. The fourth-order valence-corrected chi connectivity index (χ4v) is 11.4. The number of aryl methyl sites for hydroxylation is 1. The van der Waals surface area contributed by atoms with Crippen LogP contribution in [0.2, 0.25) is 0 Å². The number of rotatable bonds is 2. The summed E-state index contributed by atoms with van der Waals surface area (Å²) >= 11 is 0. The van der Waals surface area contributed by atoms with E-state index in [0.29, 0.717) is 0 Å². The van der Waals surface area contributed by atoms with Gasteiger partial charge in [-0.15, -0.1) is 0 Å². The van der Waals surface area contributed by atoms with Crippen molar-refractivity contribution in [2.45, 2.75) is 6.92 Å². The van der Waals surface area contributed by atoms with E-state index in [1.54, 1.807) is 0 Å². The van der Waals surface area contributed by atoms with E-state index in [9.17, 15) is 0 Å². The van der Waals surface area contributed by atoms with Crippen molar-refractivity contribution in [2.75, 3.05) is 0 Å². The van der Waals surface area contributed by atoms with Crippen LogP contribution in [0.25, 0.3) is 32.7 Å². The fourth-order valence-electron chi connectivity index (χ4n) is 6.18. The van der Waals surface area contributed by atoms with Gasteiger partial charge in [-0.3, -0.25) is 0 Å². The summed E-state index contributed by atoms with van der Waals surface area (Å²) in [6.07, 6.45) is 0. The Labute approximate surface area is 201 Å². The van der Waals surface area contributed by atoms with E-state index in [2.05, 4.69) is 134 Å². The van der Waals surface area contributed by atoms with Crippen LogP contribution >= 0.6 is 0 Å². The highest BCUT2D eigenvalue weighted by Crippen LogP contribution is 2.36. The molecule has 34 heavy (non-hydrogen) atoms. The van der Waals surface area contributed by atoms with E-state index in [1.807, 2.05) is 0 Å². The Morgan fingerprint density at radius 2 is 1.12 bits per heavy atom. The summed E-state index contributed by atoms with van der Waals surface area (Å²) in [6.45, 7) is 2.24. The Kier molecular flexibility index (Phi) is 4.18. The topological polar surface area (TPSA) is 0 Å². The summed E-state index contributed by atoms with van der Waals surface area (Å²) < 4.78 is 0. The first kappa shape index (κ1) is 19.5. The van der Waals surface area contributed by atoms with Gasteiger partial charge >= 0.3 is 0 Å². The number of hydrogen-bond acceptors (Lipinski definition) is 0. The van der Waals surface area contributed by atoms with Crippen molar-refractivity contribution in [3.05, 3.63) is 133 Å². The molecule has 0 aliphatic carbocycles. The Hall–Kier alpha value is -3.94. The first-order valence-corrected chi connectivity index (χ1v) is 14.0. The molecule has 1 heterocycles. The third kappa shape index (κ3) is 2.53. The smallest absolute Gasteiger partial charge is 0.0623 e. The molecule has 0 spiro atoms. The first-order chi connectivity index (χ1) is 16.8. The van der Waals surface area contributed by atoms with Crippen molar-refractivity contribution in [3.63, 3.8) is 0 Å². The zero-order chi connectivity index (χ0) is 22.7. The molecular weight excluding hydrogens is 424 g/mol. The number of fused-ring (bicyclic) bond motifs is 6. The molecule has 6 aromatic rings. The molecule has 0 saturated carbocycles. The predicted octanol–water partition coefficient (Wildman–Crippen LogP) is 5.66. The third-order valence-electron chi connectivity index (χ3n) is 7.66. The van der Waals surface area contributed by atoms with Crippen molar-refractivity contribution in [1.29, 1.82) is 0 Å². The van der Waals surface area contributed by atoms with Gasteiger partial charge in [0.25, 0.3) is 0 Å². The van der Waals surface area contributed by atoms with Crippen molar-refractivity contribution in [3.8, 4) is 11.1 Å². The lowest BCUT2D eigenvalue weighted by Gasteiger charge is -2.31. The Balaban J connectivity index is 1.75. The van der Waals surface area contributed by atoms with Gasteiger partial charge in [0.15, 0.2) is 8.07 Å². The van der Waals surface area contributed by atoms with Crippen molar-refractivity contribution >= 4 is 50.4 Å². The minimum absolute atomic E-state index is 1.31. The lowest BCUT2D eigenvalue weighted by Crippen LogP contribution is -2.72. The van der Waals surface area contributed by atoms with Crippen LogP contribution in [0, 0.1) is 6.92 Å². The number of hydrogen-bond donors (Lipinski definition) is 0. The van der Waals surface area contributed by atoms with Gasteiger partial charge in [-0.25, -0.2) is 0 Å². The molecule has 0 fully saturated rings. The van der Waals surface area contributed by atoms with Crippen molar-refractivity contribution in [1.82, 2.24) is 0 Å². The molecule has 1 aliphatic rings. The van der Waals surface area contributed by atoms with E-state index in [1.165, 1.54) is 59.0 Å². The van der Waals surface area contributed by atoms with Gasteiger partial charge in [-0.1, -0.05) is 121 Å². The summed E-state index contributed by atoms with van der Waals surface area (Å²) in [5.74, 6) is 0. The maximum Gasteiger partial charge on any atom is 0.180 e. The monoisotopic (exact) mass is 448 g/mol. The Bertz CT molecular complexity index is 1660. The van der Waals surface area contributed by atoms with Gasteiger partial charge in [-0.2, -0.15) is 0 Å². The summed E-state index contributed by atoms with van der Waals surface area (Å²) in [5.41, 5.74) is 4.17. The third-order valence-corrected chi connectivity index (χ3v) is 12.5. The van der Waals surface area contributed by atoms with Crippen molar-refractivity contribution in [2.24, 2.45) is 0 Å². The average molecular weight is 449 g/mol. The van der Waals surface area contributed by atoms with Crippen LogP contribution < -0.4 is 20.7 Å². The zero-order valence-corrected chi connectivity index (χ0v) is 20.1. The van der Waals surface area contributed by atoms with Crippen LogP contribution in [0.15, 0.2) is 127 Å². The molecule has 0 nitrogen and oxygen atoms in total. The predicted molar refractivity (Wildman–Crippen MR) is 149 cm³/mol. The SMILES string of the molecule is Cc1cccc2cc3c(cc12)[Si](c1ccccc1)(c1ccccc1)c1ccc2ccccc2c1-3. The van der Waals surface area contributed by atoms with Gasteiger partial charge in [0.05, 0.1) is 0 Å². The molecule has 0 radical (unpaired) electrons. The molecule has 0 amide bonds. The molecule has 0 atom stereocenters. The molecule has 0 N–H and O–H groups in total. The molecule has 1 aliphatic heterocycles. The standard InChI is InChI=1S/C33H24Si/c1-23-11-10-13-25-21-30-32(22-29(23)25)34(26-14-4-2-5-15-26,27-16-6-3-7-17-27)31-20-19-24-12-8-9-18-28(24)33(30)31/h2-22H,1H3. The van der Waals surface area contributed by atoms with E-state index in [-0.39, 0.29) is 0 Å². The van der Waals surface area contributed by atoms with E-state index in [4.69, 9.17) is 0 Å². The Morgan fingerprint density at radius 1 is 0.471 bits per heavy atom. The van der Waals surface area contributed by atoms with Crippen LogP contribution in [-0.4, -0.2) is 8.07 Å². The van der Waals surface area contributed by atoms with Gasteiger partial charge in [0.1, 0.15) is 0 Å². The zero-order valence-electron chi connectivity index (χ0n) is 19.1. The Morgan fingerprint density at radius 3 is 1.85 bits per heavy atom. The molecule has 1 heteroatoms. The molecule has 0 bridgehead atoms. The minimum Gasteiger partial charge on any atom is -0.0623 e. The lowest BCUT2D eigenvalue weighted by atomic mass is 9.95. The van der Waals surface area contributed by atoms with E-state index >= 15 is 0 Å².